The fraction of sp³-hybridized carbons (Fsp3) is 0.625. The quantitative estimate of drug-likeness (QED) is 0.556. The lowest BCUT2D eigenvalue weighted by Crippen LogP contribution is -2.47. The highest BCUT2D eigenvalue weighted by Crippen LogP contribution is 2.55. The molecule has 3 atom stereocenters. The van der Waals surface area contributed by atoms with Gasteiger partial charge in [-0.3, -0.25) is 0 Å². The summed E-state index contributed by atoms with van der Waals surface area (Å²) in [6.45, 7) is 1.53. The minimum Gasteiger partial charge on any atom is -0.405 e. The van der Waals surface area contributed by atoms with E-state index >= 15 is 0 Å². The van der Waals surface area contributed by atoms with Crippen molar-refractivity contribution in [2.24, 2.45) is 11.8 Å². The molecule has 0 amide bonds. The van der Waals surface area contributed by atoms with Crippen LogP contribution in [0.1, 0.15) is 55.8 Å². The van der Waals surface area contributed by atoms with Gasteiger partial charge in [-0.25, -0.2) is 0 Å². The largest absolute Gasteiger partial charge is 0.573 e. The van der Waals surface area contributed by atoms with Gasteiger partial charge >= 0.3 is 6.36 Å². The van der Waals surface area contributed by atoms with Crippen molar-refractivity contribution in [1.82, 2.24) is 5.16 Å². The first kappa shape index (κ1) is 21.4. The third-order valence-electron chi connectivity index (χ3n) is 7.43. The molecule has 2 bridgehead atoms. The Kier molecular flexibility index (Phi) is 5.19. The molecule has 1 aromatic heterocycles. The van der Waals surface area contributed by atoms with Crippen molar-refractivity contribution in [2.75, 3.05) is 13.2 Å². The monoisotopic (exact) mass is 465 g/mol. The first-order chi connectivity index (χ1) is 15.9. The number of halogens is 3. The minimum absolute atomic E-state index is 0.0393. The van der Waals surface area contributed by atoms with Crippen LogP contribution >= 0.6 is 0 Å². The van der Waals surface area contributed by atoms with Crippen LogP contribution in [0.15, 0.2) is 28.8 Å². The minimum atomic E-state index is -4.79. The number of nitrogens with zero attached hydrogens (tertiary/aromatic N) is 1. The molecular weight excluding hydrogens is 439 g/mol. The zero-order chi connectivity index (χ0) is 22.6. The van der Waals surface area contributed by atoms with Gasteiger partial charge in [0.15, 0.2) is 5.79 Å². The van der Waals surface area contributed by atoms with E-state index in [0.717, 1.165) is 44.1 Å². The summed E-state index contributed by atoms with van der Waals surface area (Å²) in [6.07, 6.45) is 1.04. The highest BCUT2D eigenvalue weighted by Gasteiger charge is 2.58. The molecule has 3 saturated carbocycles. The smallest absolute Gasteiger partial charge is 0.405 e. The number of hydrogen-bond acceptors (Lipinski definition) is 6. The molecule has 1 saturated heterocycles. The molecule has 3 aliphatic carbocycles. The van der Waals surface area contributed by atoms with E-state index in [4.69, 9.17) is 18.7 Å². The highest BCUT2D eigenvalue weighted by atomic mass is 19.4. The first-order valence-electron chi connectivity index (χ1n) is 11.7. The molecule has 1 spiro atoms. The normalized spacial score (nSPS) is 28.5. The Morgan fingerprint density at radius 3 is 2.36 bits per heavy atom. The van der Waals surface area contributed by atoms with Crippen LogP contribution in [0.4, 0.5) is 13.2 Å². The number of rotatable bonds is 6. The second-order valence-electron chi connectivity index (χ2n) is 9.49. The van der Waals surface area contributed by atoms with Crippen molar-refractivity contribution in [3.05, 3.63) is 35.6 Å². The Morgan fingerprint density at radius 2 is 1.70 bits per heavy atom. The fourth-order valence-electron chi connectivity index (χ4n) is 5.90. The van der Waals surface area contributed by atoms with Gasteiger partial charge in [-0.1, -0.05) is 17.3 Å². The molecule has 1 aromatic carbocycles. The summed E-state index contributed by atoms with van der Waals surface area (Å²) in [5.41, 5.74) is 1.32. The maximum absolute atomic E-state index is 13.0. The van der Waals surface area contributed by atoms with Crippen LogP contribution in [-0.2, 0) is 20.8 Å². The van der Waals surface area contributed by atoms with E-state index in [0.29, 0.717) is 36.5 Å². The van der Waals surface area contributed by atoms with Gasteiger partial charge in [0.25, 0.3) is 0 Å². The fourth-order valence-corrected chi connectivity index (χ4v) is 5.90. The lowest BCUT2D eigenvalue weighted by Gasteiger charge is -2.41. The lowest BCUT2D eigenvalue weighted by atomic mass is 9.81. The summed E-state index contributed by atoms with van der Waals surface area (Å²) in [6, 6.07) is 6.02. The molecule has 4 fully saturated rings. The molecule has 6 nitrogen and oxygen atoms in total. The molecule has 2 heterocycles. The van der Waals surface area contributed by atoms with Crippen LogP contribution in [0.2, 0.25) is 0 Å². The number of ether oxygens (including phenoxy) is 4. The van der Waals surface area contributed by atoms with Crippen molar-refractivity contribution in [2.45, 2.75) is 69.3 Å². The van der Waals surface area contributed by atoms with Gasteiger partial charge < -0.3 is 23.5 Å². The summed E-state index contributed by atoms with van der Waals surface area (Å²) < 4.78 is 67.2. The summed E-state index contributed by atoms with van der Waals surface area (Å²) in [5.74, 6) is 0.852. The van der Waals surface area contributed by atoms with Crippen LogP contribution in [0, 0.1) is 11.8 Å². The maximum atomic E-state index is 13.0. The topological polar surface area (TPSA) is 63.0 Å². The van der Waals surface area contributed by atoms with Crippen molar-refractivity contribution in [1.29, 1.82) is 0 Å². The average molecular weight is 465 g/mol. The van der Waals surface area contributed by atoms with Gasteiger partial charge in [0, 0.05) is 28.9 Å². The van der Waals surface area contributed by atoms with Crippen molar-refractivity contribution < 1.29 is 36.6 Å². The molecule has 0 radical (unpaired) electrons. The number of benzene rings is 1. The van der Waals surface area contributed by atoms with Gasteiger partial charge in [-0.2, -0.15) is 0 Å². The zero-order valence-corrected chi connectivity index (χ0v) is 18.1. The Bertz CT molecular complexity index is 996. The van der Waals surface area contributed by atoms with Crippen molar-refractivity contribution in [3.63, 3.8) is 0 Å². The number of para-hydroxylation sites is 1. The molecule has 4 aliphatic rings. The predicted octanol–water partition coefficient (Wildman–Crippen LogP) is 5.57. The number of alkyl halides is 3. The Hall–Kier alpha value is -2.10. The van der Waals surface area contributed by atoms with Crippen LogP contribution in [0.5, 0.6) is 5.75 Å². The zero-order valence-electron chi connectivity index (χ0n) is 18.1. The van der Waals surface area contributed by atoms with Crippen LogP contribution in [0.3, 0.4) is 0 Å². The molecule has 0 N–H and O–H groups in total. The van der Waals surface area contributed by atoms with E-state index in [1.54, 1.807) is 12.1 Å². The second kappa shape index (κ2) is 7.99. The average Bonchev–Trinajstić information content (AvgIpc) is 3.31. The summed E-state index contributed by atoms with van der Waals surface area (Å²) >= 11 is 0. The molecule has 2 aromatic rings. The Labute approximate surface area is 189 Å². The van der Waals surface area contributed by atoms with E-state index < -0.39 is 12.1 Å². The molecule has 6 rings (SSSR count). The standard InChI is InChI=1S/C24H26F3NO5/c25-24(26,27)32-20-4-2-1-3-18(20)21-19(22(33-28-21)14-5-6-14)13-29-17-11-15-7-8-16(12-17)23(15)30-9-10-31-23/h1-4,14-17H,5-13H2/t15-,16+,17+. The van der Waals surface area contributed by atoms with Gasteiger partial charge in [0.1, 0.15) is 17.2 Å². The Balaban J connectivity index is 1.24. The molecule has 33 heavy (non-hydrogen) atoms. The van der Waals surface area contributed by atoms with E-state index in [1.165, 1.54) is 12.1 Å². The van der Waals surface area contributed by atoms with E-state index in [1.807, 2.05) is 0 Å². The second-order valence-corrected chi connectivity index (χ2v) is 9.49. The van der Waals surface area contributed by atoms with Crippen LogP contribution in [0.25, 0.3) is 11.3 Å². The summed E-state index contributed by atoms with van der Waals surface area (Å²) in [4.78, 5) is 0. The van der Waals surface area contributed by atoms with Crippen LogP contribution in [-0.4, -0.2) is 36.6 Å². The van der Waals surface area contributed by atoms with Crippen molar-refractivity contribution in [3.8, 4) is 17.0 Å². The first-order valence-corrected chi connectivity index (χ1v) is 11.7. The molecule has 1 aliphatic heterocycles. The predicted molar refractivity (Wildman–Crippen MR) is 109 cm³/mol. The Morgan fingerprint density at radius 1 is 1.00 bits per heavy atom. The summed E-state index contributed by atoms with van der Waals surface area (Å²) in [7, 11) is 0. The van der Waals surface area contributed by atoms with Gasteiger partial charge in [-0.05, 0) is 50.7 Å². The molecule has 9 heteroatoms. The van der Waals surface area contributed by atoms with Gasteiger partial charge in [0.05, 0.1) is 25.9 Å². The summed E-state index contributed by atoms with van der Waals surface area (Å²) in [5, 5.41) is 4.16. The number of hydrogen-bond donors (Lipinski definition) is 0. The van der Waals surface area contributed by atoms with Gasteiger partial charge in [0.2, 0.25) is 0 Å². The molecule has 0 unspecified atom stereocenters. The molecule has 178 valence electrons. The number of aromatic nitrogens is 1. The van der Waals surface area contributed by atoms with E-state index in [2.05, 4.69) is 9.89 Å². The molecular formula is C24H26F3NO5. The third kappa shape index (κ3) is 3.94. The maximum Gasteiger partial charge on any atom is 0.573 e. The van der Waals surface area contributed by atoms with Crippen molar-refractivity contribution >= 4 is 0 Å². The van der Waals surface area contributed by atoms with E-state index in [9.17, 15) is 13.2 Å². The third-order valence-corrected chi connectivity index (χ3v) is 7.43. The SMILES string of the molecule is FC(F)(F)Oc1ccccc1-c1noc(C2CC2)c1CO[C@H]1C[C@H]2CC[C@@H](C1)C21OCCO1. The van der Waals surface area contributed by atoms with Crippen LogP contribution < -0.4 is 4.74 Å². The van der Waals surface area contributed by atoms with Gasteiger partial charge in [-0.15, -0.1) is 13.2 Å². The van der Waals surface area contributed by atoms with E-state index in [-0.39, 0.29) is 29.9 Å². The lowest BCUT2D eigenvalue weighted by molar-refractivity contribution is -0.274. The highest BCUT2D eigenvalue weighted by molar-refractivity contribution is 5.70.